The van der Waals surface area contributed by atoms with Gasteiger partial charge in [0.15, 0.2) is 0 Å². The van der Waals surface area contributed by atoms with Gasteiger partial charge >= 0.3 is 12.1 Å². The Morgan fingerprint density at radius 2 is 1.63 bits per heavy atom. The fraction of sp³-hybridized carbons (Fsp3) is 0.405. The van der Waals surface area contributed by atoms with Gasteiger partial charge < -0.3 is 29.0 Å². The molecule has 4 aromatic rings. The van der Waals surface area contributed by atoms with E-state index in [0.717, 1.165) is 46.3 Å². The highest BCUT2D eigenvalue weighted by Crippen LogP contribution is 2.35. The van der Waals surface area contributed by atoms with E-state index in [4.69, 9.17) is 14.2 Å². The molecule has 2 saturated heterocycles. The van der Waals surface area contributed by atoms with Gasteiger partial charge in [0.2, 0.25) is 0 Å². The van der Waals surface area contributed by atoms with Crippen LogP contribution in [-0.4, -0.2) is 65.3 Å². The van der Waals surface area contributed by atoms with Crippen LogP contribution in [0.15, 0.2) is 79.0 Å². The van der Waals surface area contributed by atoms with E-state index in [0.29, 0.717) is 36.6 Å². The van der Waals surface area contributed by atoms with E-state index in [-0.39, 0.29) is 36.7 Å². The van der Waals surface area contributed by atoms with E-state index in [1.165, 1.54) is 0 Å². The molecule has 0 radical (unpaired) electrons. The first kappa shape index (κ1) is 36.5. The molecule has 2 aliphatic heterocycles. The van der Waals surface area contributed by atoms with E-state index in [1.54, 1.807) is 7.11 Å². The SMILES string of the molecule is CCn1cc(-c2cc(OC)cc([C@@H](C)NC(=O)c3cc(N4C[C@H]5CC[C@@H](C4)N5C(=O)OC(C)(C)C)ccc3C)c2)cc1C(=O)OCc1ccccc1. The summed E-state index contributed by atoms with van der Waals surface area (Å²) in [5.41, 5.74) is 5.86. The van der Waals surface area contributed by atoms with Gasteiger partial charge in [0.25, 0.3) is 5.91 Å². The van der Waals surface area contributed by atoms with Gasteiger partial charge in [0, 0.05) is 42.6 Å². The molecular formula is C42H50N4O6. The van der Waals surface area contributed by atoms with Crippen LogP contribution in [0.2, 0.25) is 0 Å². The van der Waals surface area contributed by atoms with Crippen molar-refractivity contribution in [3.63, 3.8) is 0 Å². The molecule has 2 amide bonds. The molecule has 2 fully saturated rings. The molecule has 0 aliphatic carbocycles. The number of hydrogen-bond donors (Lipinski definition) is 1. The molecule has 3 aromatic carbocycles. The second-order valence-corrected chi connectivity index (χ2v) is 14.8. The number of ether oxygens (including phenoxy) is 3. The van der Waals surface area contributed by atoms with Crippen LogP contribution < -0.4 is 15.0 Å². The Morgan fingerprint density at radius 1 is 0.923 bits per heavy atom. The summed E-state index contributed by atoms with van der Waals surface area (Å²) in [7, 11) is 1.62. The minimum Gasteiger partial charge on any atom is -0.497 e. The van der Waals surface area contributed by atoms with Crippen molar-refractivity contribution >= 4 is 23.7 Å². The molecule has 10 heteroatoms. The van der Waals surface area contributed by atoms with E-state index < -0.39 is 11.6 Å². The van der Waals surface area contributed by atoms with Crippen molar-refractivity contribution < 1.29 is 28.6 Å². The predicted molar refractivity (Wildman–Crippen MR) is 202 cm³/mol. The van der Waals surface area contributed by atoms with Gasteiger partial charge in [-0.05, 0) is 113 Å². The quantitative estimate of drug-likeness (QED) is 0.167. The molecule has 0 unspecified atom stereocenters. The number of aromatic nitrogens is 1. The summed E-state index contributed by atoms with van der Waals surface area (Å²) in [6.45, 7) is 13.7. The van der Waals surface area contributed by atoms with Crippen LogP contribution in [0, 0.1) is 6.92 Å². The minimum absolute atomic E-state index is 0.0692. The van der Waals surface area contributed by atoms with Crippen molar-refractivity contribution in [2.24, 2.45) is 0 Å². The zero-order valence-electron chi connectivity index (χ0n) is 31.3. The van der Waals surface area contributed by atoms with Gasteiger partial charge in [-0.25, -0.2) is 9.59 Å². The van der Waals surface area contributed by atoms with Gasteiger partial charge in [0.1, 0.15) is 23.7 Å². The smallest absolute Gasteiger partial charge is 0.410 e. The van der Waals surface area contributed by atoms with Crippen LogP contribution in [0.1, 0.15) is 91.0 Å². The number of fused-ring (bicyclic) bond motifs is 2. The van der Waals surface area contributed by atoms with Crippen LogP contribution in [-0.2, 0) is 22.6 Å². The molecule has 2 bridgehead atoms. The summed E-state index contributed by atoms with van der Waals surface area (Å²) in [5.74, 6) is 0.0763. The van der Waals surface area contributed by atoms with Crippen LogP contribution in [0.4, 0.5) is 10.5 Å². The molecule has 10 nitrogen and oxygen atoms in total. The standard InChI is InChI=1S/C42H50N4O6/c1-8-44-23-32(21-38(44)40(48)51-26-29-12-10-9-11-13-29)31-18-30(19-36(20-31)50-7)28(3)43-39(47)37-22-33(15-14-27(37)2)45-24-34-16-17-35(25-45)46(34)41(49)52-42(4,5)6/h9-15,18-23,28,34-35H,8,16-17,24-26H2,1-7H3,(H,43,47)/t28-,34-,35+/m1/s1. The Hall–Kier alpha value is -5.25. The van der Waals surface area contributed by atoms with Crippen molar-refractivity contribution in [2.45, 2.75) is 91.3 Å². The van der Waals surface area contributed by atoms with Gasteiger partial charge in [0.05, 0.1) is 25.2 Å². The number of nitrogens with one attached hydrogen (secondary N) is 1. The zero-order chi connectivity index (χ0) is 37.2. The van der Waals surface area contributed by atoms with Gasteiger partial charge in [-0.3, -0.25) is 9.69 Å². The van der Waals surface area contributed by atoms with Crippen LogP contribution in [0.5, 0.6) is 5.75 Å². The number of rotatable bonds is 10. The molecule has 2 aliphatic rings. The Labute approximate surface area is 306 Å². The van der Waals surface area contributed by atoms with E-state index in [1.807, 2.05) is 124 Å². The summed E-state index contributed by atoms with van der Waals surface area (Å²) in [4.78, 5) is 44.2. The van der Waals surface area contributed by atoms with Gasteiger partial charge in [-0.2, -0.15) is 0 Å². The van der Waals surface area contributed by atoms with Gasteiger partial charge in [-0.1, -0.05) is 36.4 Å². The lowest BCUT2D eigenvalue weighted by Crippen LogP contribution is -2.56. The average Bonchev–Trinajstić information content (AvgIpc) is 3.68. The van der Waals surface area contributed by atoms with Crippen LogP contribution in [0.25, 0.3) is 11.1 Å². The lowest BCUT2D eigenvalue weighted by molar-refractivity contribution is 0.0123. The molecule has 6 rings (SSSR count). The highest BCUT2D eigenvalue weighted by atomic mass is 16.6. The maximum Gasteiger partial charge on any atom is 0.410 e. The fourth-order valence-electron chi connectivity index (χ4n) is 7.19. The monoisotopic (exact) mass is 706 g/mol. The number of piperazine rings is 1. The number of benzene rings is 3. The van der Waals surface area contributed by atoms with Crippen LogP contribution in [0.3, 0.4) is 0 Å². The number of anilines is 1. The summed E-state index contributed by atoms with van der Waals surface area (Å²) in [5, 5.41) is 3.20. The van der Waals surface area contributed by atoms with Gasteiger partial charge in [-0.15, -0.1) is 0 Å². The summed E-state index contributed by atoms with van der Waals surface area (Å²) >= 11 is 0. The summed E-state index contributed by atoms with van der Waals surface area (Å²) in [6.07, 6.45) is 3.56. The first-order valence-electron chi connectivity index (χ1n) is 18.1. The first-order valence-corrected chi connectivity index (χ1v) is 18.1. The number of methoxy groups -OCH3 is 1. The van der Waals surface area contributed by atoms with Crippen LogP contribution >= 0.6 is 0 Å². The second kappa shape index (κ2) is 15.2. The number of carbonyl (C=O) groups is 3. The third-order valence-corrected chi connectivity index (χ3v) is 9.92. The lowest BCUT2D eigenvalue weighted by Gasteiger charge is -2.42. The predicted octanol–water partition coefficient (Wildman–Crippen LogP) is 7.93. The molecule has 0 saturated carbocycles. The Kier molecular flexibility index (Phi) is 10.6. The third kappa shape index (κ3) is 8.11. The molecule has 1 N–H and O–H groups in total. The molecular weight excluding hydrogens is 656 g/mol. The maximum atomic E-state index is 13.8. The van der Waals surface area contributed by atoms with E-state index in [2.05, 4.69) is 16.3 Å². The Morgan fingerprint density at radius 3 is 2.29 bits per heavy atom. The summed E-state index contributed by atoms with van der Waals surface area (Å²) < 4.78 is 18.9. The average molecular weight is 707 g/mol. The molecule has 3 heterocycles. The number of carbonyl (C=O) groups excluding carboxylic acids is 3. The Bertz CT molecular complexity index is 1920. The lowest BCUT2D eigenvalue weighted by atomic mass is 10.00. The minimum atomic E-state index is -0.542. The largest absolute Gasteiger partial charge is 0.497 e. The van der Waals surface area contributed by atoms with Crippen molar-refractivity contribution in [3.8, 4) is 16.9 Å². The van der Waals surface area contributed by atoms with Crippen molar-refractivity contribution in [3.05, 3.63) is 107 Å². The molecule has 274 valence electrons. The maximum absolute atomic E-state index is 13.8. The summed E-state index contributed by atoms with van der Waals surface area (Å²) in [6, 6.07) is 23.1. The normalized spacial score (nSPS) is 17.4. The fourth-order valence-corrected chi connectivity index (χ4v) is 7.19. The zero-order valence-corrected chi connectivity index (χ0v) is 31.3. The first-order chi connectivity index (χ1) is 24.8. The highest BCUT2D eigenvalue weighted by Gasteiger charge is 2.44. The van der Waals surface area contributed by atoms with E-state index in [9.17, 15) is 14.4 Å². The highest BCUT2D eigenvalue weighted by molar-refractivity contribution is 5.97. The van der Waals surface area contributed by atoms with Crippen molar-refractivity contribution in [1.29, 1.82) is 0 Å². The van der Waals surface area contributed by atoms with E-state index >= 15 is 0 Å². The Balaban J connectivity index is 1.16. The van der Waals surface area contributed by atoms with Crippen molar-refractivity contribution in [2.75, 3.05) is 25.1 Å². The molecule has 1 aromatic heterocycles. The number of esters is 1. The number of amides is 2. The number of hydrogen-bond acceptors (Lipinski definition) is 7. The topological polar surface area (TPSA) is 102 Å². The number of nitrogens with zero attached hydrogens (tertiary/aromatic N) is 3. The molecule has 52 heavy (non-hydrogen) atoms. The molecule has 0 spiro atoms. The number of aryl methyl sites for hydroxylation is 2. The van der Waals surface area contributed by atoms with Crippen molar-refractivity contribution in [1.82, 2.24) is 14.8 Å². The third-order valence-electron chi connectivity index (χ3n) is 9.92. The second-order valence-electron chi connectivity index (χ2n) is 14.8. The molecule has 3 atom stereocenters.